The summed E-state index contributed by atoms with van der Waals surface area (Å²) < 4.78 is 0. The molecule has 0 spiro atoms. The molecule has 2 aliphatic carbocycles. The molecule has 3 heteroatoms. The maximum Gasteiger partial charge on any atom is 0.307 e. The lowest BCUT2D eigenvalue weighted by Gasteiger charge is -2.38. The van der Waals surface area contributed by atoms with E-state index in [0.29, 0.717) is 6.42 Å². The minimum absolute atomic E-state index is 0.102. The van der Waals surface area contributed by atoms with Gasteiger partial charge >= 0.3 is 5.97 Å². The van der Waals surface area contributed by atoms with E-state index < -0.39 is 11.9 Å². The number of hydrogen-bond acceptors (Lipinski definition) is 2. The molecule has 5 atom stereocenters. The van der Waals surface area contributed by atoms with Gasteiger partial charge in [0.05, 0.1) is 5.92 Å². The van der Waals surface area contributed by atoms with Crippen LogP contribution in [0.5, 0.6) is 0 Å². The highest BCUT2D eigenvalue weighted by Gasteiger charge is 2.63. The van der Waals surface area contributed by atoms with Gasteiger partial charge in [0.25, 0.3) is 0 Å². The summed E-state index contributed by atoms with van der Waals surface area (Å²) in [6.45, 7) is 7.64. The minimum Gasteiger partial charge on any atom is -0.481 e. The smallest absolute Gasteiger partial charge is 0.307 e. The number of carboxylic acid groups (broad SMARTS) is 1. The minimum atomic E-state index is -0.811. The third-order valence-corrected chi connectivity index (χ3v) is 4.71. The van der Waals surface area contributed by atoms with Crippen molar-refractivity contribution < 1.29 is 14.7 Å². The van der Waals surface area contributed by atoms with Gasteiger partial charge in [-0.15, -0.1) is 6.58 Å². The molecule has 0 aromatic carbocycles. The van der Waals surface area contributed by atoms with Gasteiger partial charge in [0, 0.05) is 11.3 Å². The molecule has 2 rings (SSSR count). The predicted octanol–water partition coefficient (Wildman–Crippen LogP) is 2.12. The predicted molar refractivity (Wildman–Crippen MR) is 59.8 cm³/mol. The molecule has 88 valence electrons. The van der Waals surface area contributed by atoms with E-state index in [1.807, 2.05) is 13.8 Å². The summed E-state index contributed by atoms with van der Waals surface area (Å²) in [5, 5.41) is 9.15. The zero-order valence-electron chi connectivity index (χ0n) is 9.77. The largest absolute Gasteiger partial charge is 0.481 e. The normalized spacial score (nSPS) is 46.0. The maximum atomic E-state index is 12.2. The Morgan fingerprint density at radius 1 is 1.69 bits per heavy atom. The number of allylic oxidation sites excluding steroid dienone is 1. The van der Waals surface area contributed by atoms with Crippen molar-refractivity contribution in [3.63, 3.8) is 0 Å². The fraction of sp³-hybridized carbons (Fsp3) is 0.692. The Bertz CT molecular complexity index is 360. The number of carboxylic acids is 1. The molecule has 0 saturated heterocycles. The fourth-order valence-electron chi connectivity index (χ4n) is 3.92. The average Bonchev–Trinajstić information content (AvgIpc) is 2.64. The Hall–Kier alpha value is -1.12. The lowest BCUT2D eigenvalue weighted by molar-refractivity contribution is -0.152. The molecule has 0 aromatic heterocycles. The molecule has 0 unspecified atom stereocenters. The zero-order chi connectivity index (χ0) is 12.1. The van der Waals surface area contributed by atoms with Crippen LogP contribution >= 0.6 is 0 Å². The van der Waals surface area contributed by atoms with Crippen LogP contribution in [0.15, 0.2) is 12.7 Å². The highest BCUT2D eigenvalue weighted by atomic mass is 16.4. The second kappa shape index (κ2) is 3.44. The summed E-state index contributed by atoms with van der Waals surface area (Å²) >= 11 is 0. The molecular weight excluding hydrogens is 204 g/mol. The van der Waals surface area contributed by atoms with Gasteiger partial charge in [0.1, 0.15) is 5.78 Å². The van der Waals surface area contributed by atoms with Crippen molar-refractivity contribution in [2.45, 2.75) is 26.7 Å². The molecule has 2 aliphatic rings. The van der Waals surface area contributed by atoms with E-state index in [2.05, 4.69) is 6.58 Å². The number of carbonyl (C=O) groups is 2. The molecule has 2 saturated carbocycles. The van der Waals surface area contributed by atoms with E-state index in [0.717, 1.165) is 6.42 Å². The van der Waals surface area contributed by atoms with Gasteiger partial charge in [-0.3, -0.25) is 9.59 Å². The molecule has 0 amide bonds. The van der Waals surface area contributed by atoms with E-state index in [1.165, 1.54) is 0 Å². The second-order valence-electron chi connectivity index (χ2n) is 5.45. The number of fused-ring (bicyclic) bond motifs is 2. The first-order valence-corrected chi connectivity index (χ1v) is 5.81. The van der Waals surface area contributed by atoms with Crippen LogP contribution in [0.3, 0.4) is 0 Å². The molecule has 0 radical (unpaired) electrons. The van der Waals surface area contributed by atoms with Gasteiger partial charge in [-0.2, -0.15) is 0 Å². The van der Waals surface area contributed by atoms with E-state index in [1.54, 1.807) is 6.08 Å². The fourth-order valence-corrected chi connectivity index (χ4v) is 3.92. The maximum absolute atomic E-state index is 12.2. The Balaban J connectivity index is 2.33. The number of rotatable bonds is 3. The molecule has 1 N–H and O–H groups in total. The zero-order valence-corrected chi connectivity index (χ0v) is 9.77. The van der Waals surface area contributed by atoms with Crippen molar-refractivity contribution in [1.29, 1.82) is 0 Å². The van der Waals surface area contributed by atoms with E-state index >= 15 is 0 Å². The number of carbonyl (C=O) groups excluding carboxylic acids is 1. The summed E-state index contributed by atoms with van der Waals surface area (Å²) in [6.07, 6.45) is 3.20. The van der Waals surface area contributed by atoms with Crippen LogP contribution in [0.1, 0.15) is 26.7 Å². The topological polar surface area (TPSA) is 54.4 Å². The Labute approximate surface area is 95.5 Å². The van der Waals surface area contributed by atoms with E-state index in [-0.39, 0.29) is 29.0 Å². The van der Waals surface area contributed by atoms with Crippen LogP contribution in [0.2, 0.25) is 0 Å². The third-order valence-electron chi connectivity index (χ3n) is 4.71. The van der Waals surface area contributed by atoms with Gasteiger partial charge in [0.2, 0.25) is 0 Å². The standard InChI is InChI=1S/C13H18O3/c1-4-5-13(3)9-6-8(11(13)14)10(7(9)2)12(15)16/h4,7-10H,1,5-6H2,2-3H3,(H,15,16)/t7-,8-,9+,10+,13+/m0/s1. The lowest BCUT2D eigenvalue weighted by Crippen LogP contribution is -2.44. The van der Waals surface area contributed by atoms with Crippen molar-refractivity contribution in [2.24, 2.45) is 29.1 Å². The first-order chi connectivity index (χ1) is 7.43. The second-order valence-corrected chi connectivity index (χ2v) is 5.45. The van der Waals surface area contributed by atoms with Crippen LogP contribution in [0.25, 0.3) is 0 Å². The van der Waals surface area contributed by atoms with Crippen molar-refractivity contribution in [1.82, 2.24) is 0 Å². The highest BCUT2D eigenvalue weighted by Crippen LogP contribution is 2.60. The molecule has 0 aromatic rings. The van der Waals surface area contributed by atoms with E-state index in [4.69, 9.17) is 5.11 Å². The lowest BCUT2D eigenvalue weighted by atomic mass is 9.64. The molecule has 2 fully saturated rings. The summed E-state index contributed by atoms with van der Waals surface area (Å²) in [6, 6.07) is 0. The number of aliphatic carboxylic acids is 1. The molecule has 16 heavy (non-hydrogen) atoms. The summed E-state index contributed by atoms with van der Waals surface area (Å²) in [7, 11) is 0. The van der Waals surface area contributed by atoms with Crippen LogP contribution in [-0.2, 0) is 9.59 Å². The first kappa shape index (κ1) is 11.4. The summed E-state index contributed by atoms with van der Waals surface area (Å²) in [5.41, 5.74) is -0.363. The first-order valence-electron chi connectivity index (χ1n) is 5.81. The highest BCUT2D eigenvalue weighted by molar-refractivity contribution is 5.94. The summed E-state index contributed by atoms with van der Waals surface area (Å²) in [4.78, 5) is 23.4. The van der Waals surface area contributed by atoms with Gasteiger partial charge in [-0.25, -0.2) is 0 Å². The van der Waals surface area contributed by atoms with Crippen LogP contribution in [-0.4, -0.2) is 16.9 Å². The van der Waals surface area contributed by atoms with Gasteiger partial charge in [0.15, 0.2) is 0 Å². The van der Waals surface area contributed by atoms with Crippen molar-refractivity contribution in [3.05, 3.63) is 12.7 Å². The van der Waals surface area contributed by atoms with Crippen molar-refractivity contribution in [2.75, 3.05) is 0 Å². The number of Topliss-reactive ketones (excluding diaryl/α,β-unsaturated/α-hetero) is 1. The Kier molecular flexibility index (Phi) is 2.44. The Morgan fingerprint density at radius 2 is 2.31 bits per heavy atom. The van der Waals surface area contributed by atoms with Crippen LogP contribution < -0.4 is 0 Å². The SMILES string of the molecule is C=CC[C@@]1(C)C(=O)[C@H]2C[C@@H]1[C@H](C)[C@H]2C(=O)O. The number of hydrogen-bond donors (Lipinski definition) is 1. The van der Waals surface area contributed by atoms with Crippen molar-refractivity contribution >= 4 is 11.8 Å². The summed E-state index contributed by atoms with van der Waals surface area (Å²) in [5.74, 6) is -1.08. The van der Waals surface area contributed by atoms with E-state index in [9.17, 15) is 9.59 Å². The Morgan fingerprint density at radius 3 is 2.81 bits per heavy atom. The molecule has 2 bridgehead atoms. The van der Waals surface area contributed by atoms with Gasteiger partial charge in [-0.1, -0.05) is 19.9 Å². The monoisotopic (exact) mass is 222 g/mol. The van der Waals surface area contributed by atoms with Gasteiger partial charge < -0.3 is 5.11 Å². The number of ketones is 1. The third kappa shape index (κ3) is 1.20. The quantitative estimate of drug-likeness (QED) is 0.744. The molecule has 0 heterocycles. The van der Waals surface area contributed by atoms with Crippen molar-refractivity contribution in [3.8, 4) is 0 Å². The van der Waals surface area contributed by atoms with Crippen LogP contribution in [0, 0.1) is 29.1 Å². The average molecular weight is 222 g/mol. The molecule has 3 nitrogen and oxygen atoms in total. The van der Waals surface area contributed by atoms with Gasteiger partial charge in [-0.05, 0) is 24.7 Å². The van der Waals surface area contributed by atoms with Crippen LogP contribution in [0.4, 0.5) is 0 Å². The molecular formula is C13H18O3. The molecule has 0 aliphatic heterocycles.